The molecule has 2 aliphatic carbocycles. The molecule has 2 unspecified atom stereocenters. The third-order valence-electron chi connectivity index (χ3n) is 11.5. The Morgan fingerprint density at radius 1 is 0.511 bits per heavy atom. The van der Waals surface area contributed by atoms with Crippen LogP contribution in [-0.4, -0.2) is 8.07 Å². The Hall–Kier alpha value is -3.33. The van der Waals surface area contributed by atoms with Gasteiger partial charge in [-0.05, 0) is 0 Å². The Kier molecular flexibility index (Phi) is 6.69. The van der Waals surface area contributed by atoms with Crippen molar-refractivity contribution >= 4 is 25.4 Å². The number of allylic oxidation sites excluding steroid dienone is 2. The first kappa shape index (κ1) is 29.1. The number of aryl methyl sites for hydroxylation is 4. The molecule has 5 aromatic carbocycles. The Morgan fingerprint density at radius 2 is 0.978 bits per heavy atom. The first-order chi connectivity index (χ1) is 21.6. The molecule has 0 radical (unpaired) electrons. The van der Waals surface area contributed by atoms with Crippen LogP contribution in [0.5, 0.6) is 0 Å². The van der Waals surface area contributed by atoms with Gasteiger partial charge in [0.2, 0.25) is 0 Å². The topological polar surface area (TPSA) is 0 Å². The zero-order valence-electron chi connectivity index (χ0n) is 27.6. The molecule has 0 aromatic heterocycles. The van der Waals surface area contributed by atoms with Crippen LogP contribution in [0.25, 0.3) is 34.4 Å². The van der Waals surface area contributed by atoms with Crippen LogP contribution in [-0.2, 0) is 20.0 Å². The summed E-state index contributed by atoms with van der Waals surface area (Å²) in [7, 11) is -2.28. The van der Waals surface area contributed by atoms with E-state index in [0.717, 1.165) is 0 Å². The summed E-state index contributed by atoms with van der Waals surface area (Å²) in [4.78, 5) is 0. The molecule has 2 atom stereocenters. The van der Waals surface area contributed by atoms with Crippen molar-refractivity contribution in [3.63, 3.8) is 0 Å². The van der Waals surface area contributed by atoms with Crippen molar-refractivity contribution in [2.45, 2.75) is 51.0 Å². The molecule has 45 heavy (non-hydrogen) atoms. The number of hydrogen-bond acceptors (Lipinski definition) is 0. The van der Waals surface area contributed by atoms with Gasteiger partial charge in [-0.3, -0.25) is 0 Å². The van der Waals surface area contributed by atoms with Crippen molar-refractivity contribution in [1.82, 2.24) is 0 Å². The second kappa shape index (κ2) is 10.3. The van der Waals surface area contributed by atoms with Gasteiger partial charge in [0.05, 0.1) is 0 Å². The summed E-state index contributed by atoms with van der Waals surface area (Å²) in [5.74, 6) is 0. The van der Waals surface area contributed by atoms with Gasteiger partial charge in [-0.1, -0.05) is 0 Å². The Morgan fingerprint density at radius 3 is 1.44 bits per heavy atom. The number of fused-ring (bicyclic) bond motifs is 6. The quantitative estimate of drug-likeness (QED) is 0.161. The molecule has 1 fully saturated rings. The van der Waals surface area contributed by atoms with Crippen molar-refractivity contribution in [3.8, 4) is 22.3 Å². The van der Waals surface area contributed by atoms with Crippen LogP contribution in [0.15, 0.2) is 114 Å². The zero-order chi connectivity index (χ0) is 31.2. The van der Waals surface area contributed by atoms with Crippen LogP contribution in [0.2, 0.25) is 15.9 Å². The van der Waals surface area contributed by atoms with Gasteiger partial charge in [0.25, 0.3) is 0 Å². The number of rotatable bonds is 3. The molecule has 1 heterocycles. The molecule has 0 nitrogen and oxygen atoms in total. The van der Waals surface area contributed by atoms with Gasteiger partial charge in [0.15, 0.2) is 0 Å². The van der Waals surface area contributed by atoms with Crippen LogP contribution in [0.3, 0.4) is 0 Å². The summed E-state index contributed by atoms with van der Waals surface area (Å²) >= 11 is -3.16. The Bertz CT molecular complexity index is 1970. The van der Waals surface area contributed by atoms with Crippen LogP contribution in [0.4, 0.5) is 0 Å². The van der Waals surface area contributed by atoms with Gasteiger partial charge in [-0.2, -0.15) is 0 Å². The minimum atomic E-state index is -3.16. The predicted octanol–water partition coefficient (Wildman–Crippen LogP) is 11.2. The van der Waals surface area contributed by atoms with Gasteiger partial charge in [0.1, 0.15) is 0 Å². The monoisotopic (exact) mass is 766 g/mol. The molecule has 0 spiro atoms. The van der Waals surface area contributed by atoms with Gasteiger partial charge in [-0.25, -0.2) is 0 Å². The third kappa shape index (κ3) is 4.18. The molecule has 0 bridgehead atoms. The van der Waals surface area contributed by atoms with E-state index in [1.807, 2.05) is 0 Å². The maximum absolute atomic E-state index is 3.16. The summed E-state index contributed by atoms with van der Waals surface area (Å²) in [6.45, 7) is 11.7. The second-order valence-electron chi connectivity index (χ2n) is 14.6. The molecule has 222 valence electrons. The van der Waals surface area contributed by atoms with Crippen LogP contribution < -0.4 is 5.19 Å². The SMILES string of the molecule is Cc1ccc(C)c(-c2cccc3c2C=C2[CH]3[Hf]([CH3])([CH3])[CH]3C(=Cc4c(-c5cc(C)ccc5C)cccc43)[Si]2(C)c2ccccc2)c1. The minimum absolute atomic E-state index is 0.590. The number of benzene rings is 5. The molecule has 2 heteroatoms. The summed E-state index contributed by atoms with van der Waals surface area (Å²) in [5.41, 5.74) is 17.2. The van der Waals surface area contributed by atoms with Gasteiger partial charge < -0.3 is 0 Å². The molecule has 3 aliphatic rings. The van der Waals surface area contributed by atoms with E-state index in [1.165, 1.54) is 55.6 Å². The van der Waals surface area contributed by atoms with Crippen molar-refractivity contribution in [2.75, 3.05) is 0 Å². The van der Waals surface area contributed by atoms with Gasteiger partial charge in [0, 0.05) is 0 Å². The molecule has 1 saturated heterocycles. The summed E-state index contributed by atoms with van der Waals surface area (Å²) < 4.78 is 6.74. The van der Waals surface area contributed by atoms with E-state index in [4.69, 9.17) is 0 Å². The van der Waals surface area contributed by atoms with Crippen molar-refractivity contribution in [3.05, 3.63) is 158 Å². The fraction of sp³-hybridized carbons (Fsp3) is 0.209. The van der Waals surface area contributed by atoms with Crippen molar-refractivity contribution in [1.29, 1.82) is 0 Å². The normalized spacial score (nSPS) is 22.2. The van der Waals surface area contributed by atoms with E-state index in [-0.39, 0.29) is 0 Å². The van der Waals surface area contributed by atoms with Crippen molar-refractivity contribution in [2.24, 2.45) is 0 Å². The molecular weight excluding hydrogens is 723 g/mol. The van der Waals surface area contributed by atoms with E-state index in [0.29, 0.717) is 7.35 Å². The van der Waals surface area contributed by atoms with E-state index in [9.17, 15) is 0 Å². The Labute approximate surface area is 274 Å². The average Bonchev–Trinajstić information content (AvgIpc) is 3.65. The molecule has 1 aliphatic heterocycles. The third-order valence-corrected chi connectivity index (χ3v) is 33.4. The van der Waals surface area contributed by atoms with Crippen LogP contribution in [0.1, 0.15) is 51.9 Å². The predicted molar refractivity (Wildman–Crippen MR) is 194 cm³/mol. The molecule has 0 saturated carbocycles. The van der Waals surface area contributed by atoms with Crippen molar-refractivity contribution < 1.29 is 20.0 Å². The van der Waals surface area contributed by atoms with Crippen LogP contribution >= 0.6 is 0 Å². The zero-order valence-corrected chi connectivity index (χ0v) is 32.2. The van der Waals surface area contributed by atoms with E-state index >= 15 is 0 Å². The van der Waals surface area contributed by atoms with Crippen LogP contribution in [0, 0.1) is 27.7 Å². The summed E-state index contributed by atoms with van der Waals surface area (Å²) in [6, 6.07) is 40.0. The first-order valence-electron chi connectivity index (χ1n) is 16.5. The summed E-state index contributed by atoms with van der Waals surface area (Å²) in [5, 5.41) is 5.11. The standard InChI is InChI=1S/C41H36Si.2CH3.Hf/c1-27-17-19-29(3)38(21-27)36-15-9-11-31-23-34(25-40(31)36)42(5,33-13-7-6-8-14-33)35-24-32-12-10-16-37(41(32)26-35)39-22-28(2)18-20-30(39)4;;;/h6-26H,1-5H3;2*1H3;. The fourth-order valence-corrected chi connectivity index (χ4v) is 40.9. The fourth-order valence-electron chi connectivity index (χ4n) is 9.23. The molecule has 8 rings (SSSR count). The Balaban J connectivity index is 1.42. The number of hydrogen-bond donors (Lipinski definition) is 0. The molecule has 0 N–H and O–H groups in total. The van der Waals surface area contributed by atoms with E-state index in [2.05, 4.69) is 159 Å². The first-order valence-corrected chi connectivity index (χ1v) is 30.3. The average molecular weight is 765 g/mol. The van der Waals surface area contributed by atoms with E-state index in [1.54, 1.807) is 26.7 Å². The van der Waals surface area contributed by atoms with Gasteiger partial charge >= 0.3 is 277 Å². The van der Waals surface area contributed by atoms with Gasteiger partial charge in [-0.15, -0.1) is 0 Å². The summed E-state index contributed by atoms with van der Waals surface area (Å²) in [6.07, 6.45) is 5.42. The molecule has 0 amide bonds. The van der Waals surface area contributed by atoms with E-state index < -0.39 is 28.0 Å². The second-order valence-corrected chi connectivity index (χ2v) is 35.8. The maximum atomic E-state index is 2.78. The molecule has 5 aromatic rings. The molecular formula is C43H42HfSi.